The minimum absolute atomic E-state index is 0.698. The molecule has 0 fully saturated rings. The first-order valence-corrected chi connectivity index (χ1v) is 6.77. The van der Waals surface area contributed by atoms with Crippen LogP contribution in [-0.4, -0.2) is 12.1 Å². The number of rotatable bonds is 4. The van der Waals surface area contributed by atoms with Gasteiger partial charge in [0.15, 0.2) is 0 Å². The third-order valence-electron chi connectivity index (χ3n) is 3.41. The number of methoxy groups -OCH3 is 1. The summed E-state index contributed by atoms with van der Waals surface area (Å²) in [5.41, 5.74) is 7.62. The number of hydrogen-bond donors (Lipinski definition) is 2. The second kappa shape index (κ2) is 5.71. The Hall–Kier alpha value is -2.75. The normalized spacial score (nSPS) is 10.5. The topological polar surface area (TPSA) is 60.2 Å². The Morgan fingerprint density at radius 3 is 2.67 bits per heavy atom. The number of hydrogen-bond acceptors (Lipinski definition) is 4. The Balaban J connectivity index is 1.87. The minimum atomic E-state index is 0.698. The lowest BCUT2D eigenvalue weighted by Crippen LogP contribution is -2.02. The number of ether oxygens (including phenoxy) is 1. The number of aromatic nitrogens is 1. The first kappa shape index (κ1) is 13.2. The summed E-state index contributed by atoms with van der Waals surface area (Å²) in [5, 5.41) is 5.55. The van der Waals surface area contributed by atoms with Crippen LogP contribution in [-0.2, 0) is 6.54 Å². The zero-order valence-corrected chi connectivity index (χ0v) is 11.8. The maximum absolute atomic E-state index is 5.69. The van der Waals surface area contributed by atoms with E-state index in [1.165, 1.54) is 0 Å². The zero-order chi connectivity index (χ0) is 14.7. The van der Waals surface area contributed by atoms with Crippen molar-refractivity contribution in [2.45, 2.75) is 6.54 Å². The molecular weight excluding hydrogens is 262 g/mol. The molecule has 3 N–H and O–H groups in total. The van der Waals surface area contributed by atoms with Gasteiger partial charge in [-0.25, -0.2) is 4.98 Å². The fraction of sp³-hybridized carbons (Fsp3) is 0.118. The van der Waals surface area contributed by atoms with E-state index in [0.717, 1.165) is 33.6 Å². The van der Waals surface area contributed by atoms with Crippen LogP contribution in [0, 0.1) is 0 Å². The maximum atomic E-state index is 5.69. The monoisotopic (exact) mass is 279 g/mol. The number of nitrogens with zero attached hydrogens (tertiary/aromatic N) is 1. The van der Waals surface area contributed by atoms with E-state index < -0.39 is 0 Å². The van der Waals surface area contributed by atoms with Gasteiger partial charge >= 0.3 is 0 Å². The van der Waals surface area contributed by atoms with Gasteiger partial charge in [0.05, 0.1) is 7.11 Å². The predicted molar refractivity (Wildman–Crippen MR) is 86.5 cm³/mol. The van der Waals surface area contributed by atoms with Crippen LogP contribution in [0.2, 0.25) is 0 Å². The number of pyridine rings is 1. The molecule has 0 spiro atoms. The summed E-state index contributed by atoms with van der Waals surface area (Å²) in [4.78, 5) is 4.42. The highest BCUT2D eigenvalue weighted by molar-refractivity contribution is 5.92. The number of nitrogens with one attached hydrogen (secondary N) is 1. The molecule has 3 rings (SSSR count). The van der Waals surface area contributed by atoms with E-state index in [4.69, 9.17) is 10.5 Å². The Morgan fingerprint density at radius 2 is 1.90 bits per heavy atom. The predicted octanol–water partition coefficient (Wildman–Crippen LogP) is 3.44. The average molecular weight is 279 g/mol. The molecule has 0 bridgehead atoms. The van der Waals surface area contributed by atoms with Crippen molar-refractivity contribution in [1.29, 1.82) is 0 Å². The van der Waals surface area contributed by atoms with Crippen molar-refractivity contribution in [3.8, 4) is 5.75 Å². The molecule has 0 aliphatic carbocycles. The summed E-state index contributed by atoms with van der Waals surface area (Å²) >= 11 is 0. The summed E-state index contributed by atoms with van der Waals surface area (Å²) in [7, 11) is 1.67. The molecule has 4 heteroatoms. The van der Waals surface area contributed by atoms with Crippen LogP contribution in [0.25, 0.3) is 10.8 Å². The van der Waals surface area contributed by atoms with Crippen LogP contribution < -0.4 is 15.8 Å². The summed E-state index contributed by atoms with van der Waals surface area (Å²) in [6.45, 7) is 0.698. The third kappa shape index (κ3) is 2.89. The molecule has 2 aromatic carbocycles. The number of fused-ring (bicyclic) bond motifs is 1. The summed E-state index contributed by atoms with van der Waals surface area (Å²) in [6, 6.07) is 15.8. The first-order chi connectivity index (χ1) is 10.3. The molecule has 0 amide bonds. The fourth-order valence-corrected chi connectivity index (χ4v) is 2.24. The second-order valence-corrected chi connectivity index (χ2v) is 4.84. The van der Waals surface area contributed by atoms with Gasteiger partial charge in [-0.05, 0) is 41.3 Å². The van der Waals surface area contributed by atoms with Gasteiger partial charge in [-0.15, -0.1) is 0 Å². The van der Waals surface area contributed by atoms with Crippen LogP contribution in [0.4, 0.5) is 11.5 Å². The molecule has 21 heavy (non-hydrogen) atoms. The van der Waals surface area contributed by atoms with Crippen LogP contribution in [0.5, 0.6) is 5.75 Å². The molecular formula is C17H17N3O. The van der Waals surface area contributed by atoms with Gasteiger partial charge in [-0.1, -0.05) is 18.2 Å². The van der Waals surface area contributed by atoms with Crippen molar-refractivity contribution in [1.82, 2.24) is 4.98 Å². The van der Waals surface area contributed by atoms with E-state index in [1.807, 2.05) is 48.5 Å². The Labute approximate surface area is 123 Å². The quantitative estimate of drug-likeness (QED) is 0.718. The van der Waals surface area contributed by atoms with Gasteiger partial charge in [0, 0.05) is 23.8 Å². The minimum Gasteiger partial charge on any atom is -0.497 e. The maximum Gasteiger partial charge on any atom is 0.134 e. The van der Waals surface area contributed by atoms with Crippen LogP contribution in [0.1, 0.15) is 5.56 Å². The highest BCUT2D eigenvalue weighted by Crippen LogP contribution is 2.26. The summed E-state index contributed by atoms with van der Waals surface area (Å²) < 4.78 is 5.28. The van der Waals surface area contributed by atoms with Crippen molar-refractivity contribution < 1.29 is 4.74 Å². The van der Waals surface area contributed by atoms with Crippen molar-refractivity contribution >= 4 is 22.3 Å². The number of benzene rings is 2. The highest BCUT2D eigenvalue weighted by Gasteiger charge is 2.04. The first-order valence-electron chi connectivity index (χ1n) is 6.77. The lowest BCUT2D eigenvalue weighted by Gasteiger charge is -2.10. The second-order valence-electron chi connectivity index (χ2n) is 4.84. The SMILES string of the molecule is COc1ccc2ccnc(NCc3ccc(N)cc3)c2c1. The van der Waals surface area contributed by atoms with Gasteiger partial charge < -0.3 is 15.8 Å². The molecule has 0 aliphatic heterocycles. The highest BCUT2D eigenvalue weighted by atomic mass is 16.5. The van der Waals surface area contributed by atoms with E-state index in [0.29, 0.717) is 6.54 Å². The van der Waals surface area contributed by atoms with E-state index in [2.05, 4.69) is 10.3 Å². The number of nitrogens with two attached hydrogens (primary N) is 1. The molecule has 0 saturated carbocycles. The Bertz CT molecular complexity index is 754. The molecule has 0 radical (unpaired) electrons. The fourth-order valence-electron chi connectivity index (χ4n) is 2.24. The van der Waals surface area contributed by atoms with Crippen LogP contribution >= 0.6 is 0 Å². The summed E-state index contributed by atoms with van der Waals surface area (Å²) in [6.07, 6.45) is 1.81. The van der Waals surface area contributed by atoms with Crippen LogP contribution in [0.15, 0.2) is 54.7 Å². The molecule has 106 valence electrons. The largest absolute Gasteiger partial charge is 0.497 e. The van der Waals surface area contributed by atoms with Gasteiger partial charge in [-0.2, -0.15) is 0 Å². The molecule has 0 saturated heterocycles. The average Bonchev–Trinajstić information content (AvgIpc) is 2.54. The van der Waals surface area contributed by atoms with E-state index in [9.17, 15) is 0 Å². The van der Waals surface area contributed by atoms with E-state index in [-0.39, 0.29) is 0 Å². The molecule has 1 heterocycles. The van der Waals surface area contributed by atoms with Gasteiger partial charge in [-0.3, -0.25) is 0 Å². The van der Waals surface area contributed by atoms with Crippen molar-refractivity contribution in [2.24, 2.45) is 0 Å². The van der Waals surface area contributed by atoms with Crippen molar-refractivity contribution in [3.63, 3.8) is 0 Å². The van der Waals surface area contributed by atoms with Crippen LogP contribution in [0.3, 0.4) is 0 Å². The van der Waals surface area contributed by atoms with Crippen molar-refractivity contribution in [3.05, 3.63) is 60.3 Å². The van der Waals surface area contributed by atoms with E-state index in [1.54, 1.807) is 13.3 Å². The van der Waals surface area contributed by atoms with Gasteiger partial charge in [0.1, 0.15) is 11.6 Å². The Morgan fingerprint density at radius 1 is 1.10 bits per heavy atom. The molecule has 0 atom stereocenters. The molecule has 3 aromatic rings. The zero-order valence-electron chi connectivity index (χ0n) is 11.8. The molecule has 1 aromatic heterocycles. The summed E-state index contributed by atoms with van der Waals surface area (Å²) in [5.74, 6) is 1.68. The number of anilines is 2. The molecule has 0 aliphatic rings. The third-order valence-corrected chi connectivity index (χ3v) is 3.41. The van der Waals surface area contributed by atoms with Crippen molar-refractivity contribution in [2.75, 3.05) is 18.2 Å². The lowest BCUT2D eigenvalue weighted by atomic mass is 10.1. The lowest BCUT2D eigenvalue weighted by molar-refractivity contribution is 0.415. The van der Waals surface area contributed by atoms with E-state index >= 15 is 0 Å². The molecule has 0 unspecified atom stereocenters. The molecule has 4 nitrogen and oxygen atoms in total. The standard InChI is InChI=1S/C17H17N3O/c1-21-15-7-4-13-8-9-19-17(16(13)10-15)20-11-12-2-5-14(18)6-3-12/h2-10H,11,18H2,1H3,(H,19,20). The van der Waals surface area contributed by atoms with Gasteiger partial charge in [0.25, 0.3) is 0 Å². The van der Waals surface area contributed by atoms with Gasteiger partial charge in [0.2, 0.25) is 0 Å². The Kier molecular flexibility index (Phi) is 3.60. The smallest absolute Gasteiger partial charge is 0.134 e. The number of nitrogen functional groups attached to an aromatic ring is 1.